The molecule has 0 bridgehead atoms. The van der Waals surface area contributed by atoms with Crippen LogP contribution in [0.1, 0.15) is 30.6 Å². The molecule has 0 saturated carbocycles. The number of halogens is 3. The zero-order chi connectivity index (χ0) is 22.1. The Morgan fingerprint density at radius 1 is 1.13 bits per heavy atom. The number of benzene rings is 2. The first-order chi connectivity index (χ1) is 14.0. The largest absolute Gasteiger partial charge is 0.223 e. The Kier molecular flexibility index (Phi) is 6.86. The molecule has 1 fully saturated rings. The Hall–Kier alpha value is -1.55. The van der Waals surface area contributed by atoms with Crippen molar-refractivity contribution in [3.63, 3.8) is 0 Å². The van der Waals surface area contributed by atoms with Crippen LogP contribution >= 0.6 is 11.6 Å². The average Bonchev–Trinajstić information content (AvgIpc) is 3.01. The third-order valence-corrected chi connectivity index (χ3v) is 9.82. The van der Waals surface area contributed by atoms with E-state index >= 15 is 0 Å². The molecule has 0 aromatic heterocycles. The Morgan fingerprint density at radius 2 is 1.80 bits per heavy atom. The predicted octanol–water partition coefficient (Wildman–Crippen LogP) is 4.19. The topological polar surface area (TPSA) is 71.5 Å². The molecule has 0 spiro atoms. The van der Waals surface area contributed by atoms with Gasteiger partial charge in [0.15, 0.2) is 9.84 Å². The predicted molar refractivity (Wildman–Crippen MR) is 111 cm³/mol. The fourth-order valence-electron chi connectivity index (χ4n) is 3.72. The molecule has 1 heterocycles. The van der Waals surface area contributed by atoms with Gasteiger partial charge in [0, 0.05) is 23.7 Å². The molecule has 0 aliphatic carbocycles. The van der Waals surface area contributed by atoms with Crippen LogP contribution in [-0.4, -0.2) is 40.0 Å². The van der Waals surface area contributed by atoms with Crippen molar-refractivity contribution in [2.45, 2.75) is 29.9 Å². The second kappa shape index (κ2) is 8.90. The van der Waals surface area contributed by atoms with Crippen LogP contribution in [0, 0.1) is 17.6 Å². The fraction of sp³-hybridized carbons (Fsp3) is 0.400. The van der Waals surface area contributed by atoms with E-state index < -0.39 is 42.7 Å². The first-order valence-electron chi connectivity index (χ1n) is 9.44. The van der Waals surface area contributed by atoms with Gasteiger partial charge in [-0.3, -0.25) is 0 Å². The van der Waals surface area contributed by atoms with Crippen molar-refractivity contribution in [2.75, 3.05) is 18.8 Å². The summed E-state index contributed by atoms with van der Waals surface area (Å²) in [7, 11) is -7.46. The Balaban J connectivity index is 1.99. The average molecular weight is 478 g/mol. The highest BCUT2D eigenvalue weighted by Gasteiger charge is 2.37. The fourth-order valence-corrected chi connectivity index (χ4v) is 7.46. The van der Waals surface area contributed by atoms with E-state index in [4.69, 9.17) is 11.6 Å². The zero-order valence-electron chi connectivity index (χ0n) is 16.3. The second-order valence-electron chi connectivity index (χ2n) is 7.42. The Morgan fingerprint density at radius 3 is 2.40 bits per heavy atom. The van der Waals surface area contributed by atoms with Crippen LogP contribution in [0.15, 0.2) is 47.4 Å². The lowest BCUT2D eigenvalue weighted by Crippen LogP contribution is -2.30. The van der Waals surface area contributed by atoms with Gasteiger partial charge >= 0.3 is 0 Å². The van der Waals surface area contributed by atoms with E-state index in [9.17, 15) is 25.6 Å². The number of sulfone groups is 1. The molecular formula is C20H22ClF2NO4S2. The summed E-state index contributed by atoms with van der Waals surface area (Å²) in [6.45, 7) is 2.09. The van der Waals surface area contributed by atoms with Crippen LogP contribution in [0.3, 0.4) is 0 Å². The van der Waals surface area contributed by atoms with Gasteiger partial charge in [-0.25, -0.2) is 29.9 Å². The van der Waals surface area contributed by atoms with Gasteiger partial charge in [0.1, 0.15) is 11.6 Å². The Bertz CT molecular complexity index is 1120. The van der Waals surface area contributed by atoms with Crippen LogP contribution in [-0.2, 0) is 19.9 Å². The van der Waals surface area contributed by atoms with E-state index in [1.807, 2.05) is 0 Å². The van der Waals surface area contributed by atoms with Crippen molar-refractivity contribution in [3.05, 3.63) is 64.7 Å². The maximum atomic E-state index is 14.6. The van der Waals surface area contributed by atoms with Crippen molar-refractivity contribution in [3.8, 4) is 0 Å². The molecule has 0 amide bonds. The van der Waals surface area contributed by atoms with Gasteiger partial charge in [0.25, 0.3) is 0 Å². The summed E-state index contributed by atoms with van der Waals surface area (Å²) in [5, 5.41) is -1.05. The van der Waals surface area contributed by atoms with Gasteiger partial charge in [-0.15, -0.1) is 0 Å². The smallest absolute Gasteiger partial charge is 0.214 e. The summed E-state index contributed by atoms with van der Waals surface area (Å²) in [6.07, 6.45) is 0.689. The maximum absolute atomic E-state index is 14.6. The molecule has 3 rings (SSSR count). The molecule has 164 valence electrons. The standard InChI is InChI=1S/C20H22ClF2NO4S2/c1-14(9-11-24-10-2-12-29(24,25)26)20(18-13-16(22)5-8-19(18)23)30(27,28)17-6-3-15(21)4-7-17/h3-8,13-14,20H,2,9-12H2,1H3. The summed E-state index contributed by atoms with van der Waals surface area (Å²) >= 11 is 5.85. The van der Waals surface area contributed by atoms with Gasteiger partial charge in [0.05, 0.1) is 15.9 Å². The SMILES string of the molecule is CC(CCN1CCCS1(=O)=O)C(c1cc(F)ccc1F)S(=O)(=O)c1ccc(Cl)cc1. The molecule has 0 N–H and O–H groups in total. The molecule has 2 aromatic rings. The lowest BCUT2D eigenvalue weighted by atomic mass is 9.96. The van der Waals surface area contributed by atoms with E-state index in [0.717, 1.165) is 18.2 Å². The summed E-state index contributed by atoms with van der Waals surface area (Å²) in [6, 6.07) is 8.17. The van der Waals surface area contributed by atoms with Crippen molar-refractivity contribution in [1.29, 1.82) is 0 Å². The quantitative estimate of drug-likeness (QED) is 0.599. The highest BCUT2D eigenvalue weighted by atomic mass is 35.5. The monoisotopic (exact) mass is 477 g/mol. The van der Waals surface area contributed by atoms with Crippen LogP contribution in [0.5, 0.6) is 0 Å². The van der Waals surface area contributed by atoms with Gasteiger partial charge in [-0.1, -0.05) is 18.5 Å². The van der Waals surface area contributed by atoms with Gasteiger partial charge in [-0.05, 0) is 61.2 Å². The minimum absolute atomic E-state index is 0.0619. The molecule has 1 aliphatic rings. The van der Waals surface area contributed by atoms with Crippen LogP contribution in [0.2, 0.25) is 5.02 Å². The van der Waals surface area contributed by atoms with Gasteiger partial charge in [-0.2, -0.15) is 0 Å². The van der Waals surface area contributed by atoms with E-state index in [1.54, 1.807) is 6.92 Å². The van der Waals surface area contributed by atoms with Gasteiger partial charge in [0.2, 0.25) is 10.0 Å². The molecule has 0 radical (unpaired) electrons. The van der Waals surface area contributed by atoms with Crippen molar-refractivity contribution >= 4 is 31.5 Å². The summed E-state index contributed by atoms with van der Waals surface area (Å²) in [5.74, 6) is -2.21. The lowest BCUT2D eigenvalue weighted by Gasteiger charge is -2.26. The van der Waals surface area contributed by atoms with Crippen LogP contribution in [0.4, 0.5) is 8.78 Å². The maximum Gasteiger partial charge on any atom is 0.214 e. The van der Waals surface area contributed by atoms with E-state index in [-0.39, 0.29) is 29.2 Å². The molecule has 10 heteroatoms. The highest BCUT2D eigenvalue weighted by molar-refractivity contribution is 7.91. The second-order valence-corrected chi connectivity index (χ2v) is 12.0. The first-order valence-corrected chi connectivity index (χ1v) is 13.0. The van der Waals surface area contributed by atoms with Crippen LogP contribution in [0.25, 0.3) is 0 Å². The first kappa shape index (κ1) is 23.1. The minimum Gasteiger partial charge on any atom is -0.223 e. The Labute approximate surface area is 180 Å². The third-order valence-electron chi connectivity index (χ3n) is 5.29. The number of nitrogens with zero attached hydrogens (tertiary/aromatic N) is 1. The number of hydrogen-bond donors (Lipinski definition) is 0. The number of hydrogen-bond acceptors (Lipinski definition) is 4. The number of rotatable bonds is 7. The highest BCUT2D eigenvalue weighted by Crippen LogP contribution is 2.39. The van der Waals surface area contributed by atoms with Crippen molar-refractivity contribution < 1.29 is 25.6 Å². The molecule has 5 nitrogen and oxygen atoms in total. The normalized spacial score (nSPS) is 18.9. The zero-order valence-corrected chi connectivity index (χ0v) is 18.7. The molecular weight excluding hydrogens is 456 g/mol. The lowest BCUT2D eigenvalue weighted by molar-refractivity contribution is 0.381. The van der Waals surface area contributed by atoms with E-state index in [0.29, 0.717) is 18.0 Å². The third kappa shape index (κ3) is 4.85. The molecule has 1 aliphatic heterocycles. The number of sulfonamides is 1. The van der Waals surface area contributed by atoms with Gasteiger partial charge < -0.3 is 0 Å². The molecule has 1 saturated heterocycles. The molecule has 2 aromatic carbocycles. The molecule has 2 unspecified atom stereocenters. The van der Waals surface area contributed by atoms with Crippen LogP contribution < -0.4 is 0 Å². The minimum atomic E-state index is -4.12. The molecule has 30 heavy (non-hydrogen) atoms. The summed E-state index contributed by atoms with van der Waals surface area (Å²) in [5.41, 5.74) is -0.276. The van der Waals surface area contributed by atoms with Crippen molar-refractivity contribution in [1.82, 2.24) is 4.31 Å². The van der Waals surface area contributed by atoms with E-state index in [2.05, 4.69) is 0 Å². The molecule has 2 atom stereocenters. The van der Waals surface area contributed by atoms with Crippen molar-refractivity contribution in [2.24, 2.45) is 5.92 Å². The van der Waals surface area contributed by atoms with E-state index in [1.165, 1.54) is 28.6 Å². The summed E-state index contributed by atoms with van der Waals surface area (Å²) in [4.78, 5) is -0.0683. The summed E-state index contributed by atoms with van der Waals surface area (Å²) < 4.78 is 80.7.